The fourth-order valence-corrected chi connectivity index (χ4v) is 5.91. The van der Waals surface area contributed by atoms with Gasteiger partial charge in [-0.15, -0.1) is 21.5 Å². The van der Waals surface area contributed by atoms with Crippen molar-refractivity contribution in [1.82, 2.24) is 24.6 Å². The van der Waals surface area contributed by atoms with Crippen molar-refractivity contribution in [2.75, 3.05) is 25.4 Å². The summed E-state index contributed by atoms with van der Waals surface area (Å²) in [4.78, 5) is 41.1. The minimum Gasteiger partial charge on any atom is -0.338 e. The number of nitrogens with zero attached hydrogens (tertiary/aromatic N) is 6. The molecule has 1 saturated heterocycles. The molecule has 38 heavy (non-hydrogen) atoms. The van der Waals surface area contributed by atoms with E-state index in [4.69, 9.17) is 0 Å². The summed E-state index contributed by atoms with van der Waals surface area (Å²) in [5.41, 5.74) is 1.06. The normalized spacial score (nSPS) is 15.4. The van der Waals surface area contributed by atoms with Crippen LogP contribution in [0.15, 0.2) is 77.3 Å². The molecule has 1 atom stereocenters. The lowest BCUT2D eigenvalue weighted by Crippen LogP contribution is -2.55. The van der Waals surface area contributed by atoms with Crippen LogP contribution in [0, 0.1) is 10.1 Å². The lowest BCUT2D eigenvalue weighted by atomic mass is 10.1. The number of carbonyl (C=O) groups is 2. The van der Waals surface area contributed by atoms with Crippen molar-refractivity contribution in [3.8, 4) is 16.4 Å². The summed E-state index contributed by atoms with van der Waals surface area (Å²) in [7, 11) is 0. The number of carbonyl (C=O) groups excluding carboxylic acids is 2. The monoisotopic (exact) mass is 548 g/mol. The van der Waals surface area contributed by atoms with Crippen LogP contribution in [0.3, 0.4) is 0 Å². The van der Waals surface area contributed by atoms with Crippen LogP contribution in [-0.2, 0) is 4.79 Å². The number of amides is 2. The Kier molecular flexibility index (Phi) is 7.52. The average Bonchev–Trinajstić information content (AvgIpc) is 3.62. The number of thioether (sulfide) groups is 1. The highest BCUT2D eigenvalue weighted by Crippen LogP contribution is 2.30. The van der Waals surface area contributed by atoms with E-state index >= 15 is 0 Å². The van der Waals surface area contributed by atoms with Crippen LogP contribution >= 0.6 is 23.1 Å². The second kappa shape index (κ2) is 11.2. The predicted octanol–water partition coefficient (Wildman–Crippen LogP) is 4.37. The fraction of sp³-hybridized carbons (Fsp3) is 0.231. The molecule has 2 aromatic heterocycles. The van der Waals surface area contributed by atoms with Gasteiger partial charge in [-0.05, 0) is 36.6 Å². The van der Waals surface area contributed by atoms with Crippen molar-refractivity contribution >= 4 is 40.6 Å². The van der Waals surface area contributed by atoms with Crippen LogP contribution in [-0.4, -0.2) is 72.7 Å². The molecule has 0 bridgehead atoms. The summed E-state index contributed by atoms with van der Waals surface area (Å²) in [5, 5.41) is 22.5. The minimum atomic E-state index is -0.517. The average molecular weight is 549 g/mol. The van der Waals surface area contributed by atoms with Crippen LogP contribution < -0.4 is 0 Å². The first-order valence-electron chi connectivity index (χ1n) is 11.9. The van der Waals surface area contributed by atoms with Crippen molar-refractivity contribution in [2.24, 2.45) is 0 Å². The van der Waals surface area contributed by atoms with Gasteiger partial charge in [-0.25, -0.2) is 0 Å². The van der Waals surface area contributed by atoms with E-state index in [2.05, 4.69) is 10.2 Å². The molecule has 1 aliphatic heterocycles. The van der Waals surface area contributed by atoms with Gasteiger partial charge in [-0.2, -0.15) is 0 Å². The van der Waals surface area contributed by atoms with E-state index in [0.717, 1.165) is 16.4 Å². The molecule has 0 saturated carbocycles. The zero-order valence-corrected chi connectivity index (χ0v) is 22.1. The largest absolute Gasteiger partial charge is 0.338 e. The van der Waals surface area contributed by atoms with Crippen LogP contribution in [0.4, 0.5) is 5.69 Å². The van der Waals surface area contributed by atoms with Gasteiger partial charge in [0.1, 0.15) is 0 Å². The first-order valence-corrected chi connectivity index (χ1v) is 13.8. The molecule has 2 amide bonds. The summed E-state index contributed by atoms with van der Waals surface area (Å²) in [6.07, 6.45) is 0. The molecular weight excluding hydrogens is 524 g/mol. The predicted molar refractivity (Wildman–Crippen MR) is 146 cm³/mol. The minimum absolute atomic E-state index is 0.0513. The van der Waals surface area contributed by atoms with Gasteiger partial charge in [0.15, 0.2) is 11.0 Å². The number of nitro benzene ring substituents is 1. The zero-order chi connectivity index (χ0) is 26.6. The molecule has 0 radical (unpaired) electrons. The van der Waals surface area contributed by atoms with Gasteiger partial charge in [0.25, 0.3) is 11.6 Å². The Morgan fingerprint density at radius 2 is 1.89 bits per heavy atom. The second-order valence-electron chi connectivity index (χ2n) is 8.74. The van der Waals surface area contributed by atoms with E-state index in [9.17, 15) is 19.7 Å². The van der Waals surface area contributed by atoms with Gasteiger partial charge in [-0.1, -0.05) is 42.1 Å². The van der Waals surface area contributed by atoms with E-state index in [-0.39, 0.29) is 34.9 Å². The summed E-state index contributed by atoms with van der Waals surface area (Å²) in [6, 6.07) is 19.2. The molecular formula is C26H24N6O4S2. The highest BCUT2D eigenvalue weighted by molar-refractivity contribution is 7.99. The number of para-hydroxylation sites is 1. The van der Waals surface area contributed by atoms with Crippen molar-refractivity contribution in [3.63, 3.8) is 0 Å². The molecule has 0 N–H and O–H groups in total. The molecule has 12 heteroatoms. The standard InChI is InChI=1S/C26H24N6O4S2/c1-18-16-29(12-13-30(18)25(34)19-7-5-10-21(15-19)32(35)36)23(33)17-38-26-28-27-24(22-11-6-14-37-22)31(26)20-8-3-2-4-9-20/h2-11,14-15,18H,12-13,16-17H2,1H3. The maximum atomic E-state index is 13.1. The van der Waals surface area contributed by atoms with Gasteiger partial charge in [0, 0.05) is 49.1 Å². The molecule has 2 aromatic carbocycles. The molecule has 1 fully saturated rings. The van der Waals surface area contributed by atoms with Crippen LogP contribution in [0.5, 0.6) is 0 Å². The molecule has 1 unspecified atom stereocenters. The molecule has 3 heterocycles. The highest BCUT2D eigenvalue weighted by atomic mass is 32.2. The van der Waals surface area contributed by atoms with E-state index in [1.807, 2.05) is 59.3 Å². The van der Waals surface area contributed by atoms with Crippen LogP contribution in [0.1, 0.15) is 17.3 Å². The summed E-state index contributed by atoms with van der Waals surface area (Å²) >= 11 is 2.90. The smallest absolute Gasteiger partial charge is 0.270 e. The van der Waals surface area contributed by atoms with E-state index in [1.165, 1.54) is 30.0 Å². The Labute approximate surface area is 227 Å². The number of aromatic nitrogens is 3. The fourth-order valence-electron chi connectivity index (χ4n) is 4.36. The SMILES string of the molecule is CC1CN(C(=O)CSc2nnc(-c3cccs3)n2-c2ccccc2)CCN1C(=O)c1cccc([N+](=O)[O-])c1. The van der Waals surface area contributed by atoms with E-state index in [1.54, 1.807) is 27.2 Å². The van der Waals surface area contributed by atoms with E-state index in [0.29, 0.717) is 24.8 Å². The molecule has 10 nitrogen and oxygen atoms in total. The highest BCUT2D eigenvalue weighted by Gasteiger charge is 2.31. The number of hydrogen-bond donors (Lipinski definition) is 0. The zero-order valence-electron chi connectivity index (χ0n) is 20.5. The molecule has 194 valence electrons. The number of hydrogen-bond acceptors (Lipinski definition) is 8. The third-order valence-corrected chi connectivity index (χ3v) is 8.04. The number of non-ortho nitro benzene ring substituents is 1. The number of benzene rings is 2. The first-order chi connectivity index (χ1) is 18.4. The van der Waals surface area contributed by atoms with E-state index < -0.39 is 4.92 Å². The topological polar surface area (TPSA) is 114 Å². The Balaban J connectivity index is 1.25. The molecule has 0 aliphatic carbocycles. The van der Waals surface area contributed by atoms with Crippen molar-refractivity contribution in [1.29, 1.82) is 0 Å². The Bertz CT molecular complexity index is 1460. The third-order valence-electron chi connectivity index (χ3n) is 6.26. The number of thiophene rings is 1. The molecule has 5 rings (SSSR count). The molecule has 1 aliphatic rings. The number of piperazine rings is 1. The van der Waals surface area contributed by atoms with Gasteiger partial charge in [-0.3, -0.25) is 24.3 Å². The molecule has 4 aromatic rings. The Morgan fingerprint density at radius 1 is 1.08 bits per heavy atom. The summed E-state index contributed by atoms with van der Waals surface area (Å²) in [5.74, 6) is 0.577. The van der Waals surface area contributed by atoms with Crippen molar-refractivity contribution in [2.45, 2.75) is 18.1 Å². The van der Waals surface area contributed by atoms with Crippen molar-refractivity contribution < 1.29 is 14.5 Å². The van der Waals surface area contributed by atoms with Gasteiger partial charge < -0.3 is 9.80 Å². The quantitative estimate of drug-likeness (QED) is 0.191. The lowest BCUT2D eigenvalue weighted by molar-refractivity contribution is -0.384. The summed E-state index contributed by atoms with van der Waals surface area (Å²) in [6.45, 7) is 2.99. The molecule has 0 spiro atoms. The lowest BCUT2D eigenvalue weighted by Gasteiger charge is -2.40. The van der Waals surface area contributed by atoms with Gasteiger partial charge in [0.05, 0.1) is 15.6 Å². The van der Waals surface area contributed by atoms with Crippen LogP contribution in [0.2, 0.25) is 0 Å². The Hall–Kier alpha value is -4.03. The maximum Gasteiger partial charge on any atom is 0.270 e. The number of nitro groups is 1. The second-order valence-corrected chi connectivity index (χ2v) is 10.6. The third kappa shape index (κ3) is 5.31. The van der Waals surface area contributed by atoms with Gasteiger partial charge in [0.2, 0.25) is 5.91 Å². The van der Waals surface area contributed by atoms with Crippen LogP contribution in [0.25, 0.3) is 16.4 Å². The van der Waals surface area contributed by atoms with Crippen molar-refractivity contribution in [3.05, 3.63) is 87.8 Å². The Morgan fingerprint density at radius 3 is 2.61 bits per heavy atom. The maximum absolute atomic E-state index is 13.1. The first kappa shape index (κ1) is 25.6. The van der Waals surface area contributed by atoms with Gasteiger partial charge >= 0.3 is 0 Å². The summed E-state index contributed by atoms with van der Waals surface area (Å²) < 4.78 is 1.96. The number of rotatable bonds is 7.